The summed E-state index contributed by atoms with van der Waals surface area (Å²) in [7, 11) is 1.45. The fourth-order valence-electron chi connectivity index (χ4n) is 2.64. The van der Waals surface area contributed by atoms with Crippen LogP contribution in [0.4, 0.5) is 4.79 Å². The Hall–Kier alpha value is -2.97. The molecule has 0 unspecified atom stereocenters. The lowest BCUT2D eigenvalue weighted by Gasteiger charge is -2.13. The molecule has 0 radical (unpaired) electrons. The standard InChI is InChI=1S/C21H18ClNO6S/c1-13(24)29-17-8-3-14(11-18(17)27-2)12-19-20(25)23(21(26)30-19)9-10-28-16-6-4-15(22)5-7-16/h3-8,11-12H,9-10H2,1-2H3/b19-12-. The lowest BCUT2D eigenvalue weighted by molar-refractivity contribution is -0.132. The van der Waals surface area contributed by atoms with Gasteiger partial charge in [0.25, 0.3) is 11.1 Å². The predicted molar refractivity (Wildman–Crippen MR) is 114 cm³/mol. The van der Waals surface area contributed by atoms with Gasteiger partial charge in [-0.3, -0.25) is 19.3 Å². The van der Waals surface area contributed by atoms with Gasteiger partial charge in [0.05, 0.1) is 18.6 Å². The van der Waals surface area contributed by atoms with Gasteiger partial charge < -0.3 is 14.2 Å². The second-order valence-corrected chi connectivity index (χ2v) is 7.57. The summed E-state index contributed by atoms with van der Waals surface area (Å²) in [6, 6.07) is 11.7. The minimum Gasteiger partial charge on any atom is -0.493 e. The van der Waals surface area contributed by atoms with Crippen molar-refractivity contribution in [2.24, 2.45) is 0 Å². The Labute approximate surface area is 182 Å². The number of benzene rings is 2. The molecule has 1 fully saturated rings. The summed E-state index contributed by atoms with van der Waals surface area (Å²) < 4.78 is 15.8. The van der Waals surface area contributed by atoms with Crippen LogP contribution < -0.4 is 14.2 Å². The molecule has 156 valence electrons. The van der Waals surface area contributed by atoms with Gasteiger partial charge in [-0.2, -0.15) is 0 Å². The number of thioether (sulfide) groups is 1. The van der Waals surface area contributed by atoms with Crippen LogP contribution in [0.1, 0.15) is 12.5 Å². The van der Waals surface area contributed by atoms with Crippen molar-refractivity contribution >= 4 is 46.6 Å². The number of rotatable bonds is 7. The highest BCUT2D eigenvalue weighted by Gasteiger charge is 2.34. The van der Waals surface area contributed by atoms with Crippen molar-refractivity contribution < 1.29 is 28.6 Å². The largest absolute Gasteiger partial charge is 0.493 e. The Morgan fingerprint density at radius 2 is 1.87 bits per heavy atom. The fourth-order valence-corrected chi connectivity index (χ4v) is 3.63. The maximum absolute atomic E-state index is 12.6. The smallest absolute Gasteiger partial charge is 0.308 e. The SMILES string of the molecule is COc1cc(/C=C2\SC(=O)N(CCOc3ccc(Cl)cc3)C2=O)ccc1OC(C)=O. The van der Waals surface area contributed by atoms with Gasteiger partial charge in [-0.25, -0.2) is 0 Å². The number of hydrogen-bond acceptors (Lipinski definition) is 7. The number of hydrogen-bond donors (Lipinski definition) is 0. The van der Waals surface area contributed by atoms with E-state index >= 15 is 0 Å². The third-order valence-corrected chi connectivity index (χ3v) is 5.17. The summed E-state index contributed by atoms with van der Waals surface area (Å²) >= 11 is 6.68. The second-order valence-electron chi connectivity index (χ2n) is 6.14. The van der Waals surface area contributed by atoms with Crippen LogP contribution >= 0.6 is 23.4 Å². The van der Waals surface area contributed by atoms with Crippen molar-refractivity contribution in [1.82, 2.24) is 4.90 Å². The molecule has 0 spiro atoms. The third-order valence-electron chi connectivity index (χ3n) is 4.01. The molecular formula is C21H18ClNO6S. The summed E-state index contributed by atoms with van der Waals surface area (Å²) in [6.45, 7) is 1.58. The molecule has 1 saturated heterocycles. The monoisotopic (exact) mass is 447 g/mol. The van der Waals surface area contributed by atoms with Crippen molar-refractivity contribution in [2.45, 2.75) is 6.92 Å². The van der Waals surface area contributed by atoms with Crippen molar-refractivity contribution in [3.8, 4) is 17.2 Å². The topological polar surface area (TPSA) is 82.1 Å². The van der Waals surface area contributed by atoms with Crippen LogP contribution in [-0.2, 0) is 9.59 Å². The van der Waals surface area contributed by atoms with Crippen LogP contribution in [0.25, 0.3) is 6.08 Å². The van der Waals surface area contributed by atoms with Crippen LogP contribution in [0.15, 0.2) is 47.4 Å². The molecular weight excluding hydrogens is 430 g/mol. The molecule has 0 aliphatic carbocycles. The van der Waals surface area contributed by atoms with E-state index in [1.807, 2.05) is 0 Å². The number of halogens is 1. The zero-order chi connectivity index (χ0) is 21.7. The molecule has 1 heterocycles. The molecule has 2 amide bonds. The molecule has 3 rings (SSSR count). The maximum Gasteiger partial charge on any atom is 0.308 e. The summed E-state index contributed by atoms with van der Waals surface area (Å²) in [6.07, 6.45) is 1.59. The molecule has 9 heteroatoms. The second kappa shape index (κ2) is 9.69. The molecule has 0 bridgehead atoms. The van der Waals surface area contributed by atoms with Crippen molar-refractivity contribution in [3.63, 3.8) is 0 Å². The molecule has 1 aliphatic heterocycles. The van der Waals surface area contributed by atoms with Crippen molar-refractivity contribution in [1.29, 1.82) is 0 Å². The van der Waals surface area contributed by atoms with E-state index in [1.165, 1.54) is 14.0 Å². The molecule has 2 aromatic carbocycles. The number of methoxy groups -OCH3 is 1. The summed E-state index contributed by atoms with van der Waals surface area (Å²) in [5.41, 5.74) is 0.630. The Morgan fingerprint density at radius 3 is 2.53 bits per heavy atom. The van der Waals surface area contributed by atoms with Gasteiger partial charge in [0.1, 0.15) is 12.4 Å². The van der Waals surface area contributed by atoms with Crippen LogP contribution in [0.5, 0.6) is 17.2 Å². The van der Waals surface area contributed by atoms with Gasteiger partial charge >= 0.3 is 5.97 Å². The number of carbonyl (C=O) groups is 3. The van der Waals surface area contributed by atoms with E-state index in [1.54, 1.807) is 48.5 Å². The van der Waals surface area contributed by atoms with E-state index < -0.39 is 11.9 Å². The Balaban J connectivity index is 1.66. The average Bonchev–Trinajstić information content (AvgIpc) is 2.97. The highest BCUT2D eigenvalue weighted by Crippen LogP contribution is 2.34. The molecule has 0 N–H and O–H groups in total. The minimum absolute atomic E-state index is 0.124. The van der Waals surface area contributed by atoms with Gasteiger partial charge in [0, 0.05) is 11.9 Å². The van der Waals surface area contributed by atoms with Crippen molar-refractivity contribution in [3.05, 3.63) is 58.0 Å². The number of amides is 2. The normalized spacial score (nSPS) is 14.9. The Kier molecular flexibility index (Phi) is 7.02. The summed E-state index contributed by atoms with van der Waals surface area (Å²) in [4.78, 5) is 37.4. The number of imide groups is 1. The average molecular weight is 448 g/mol. The first-order chi connectivity index (χ1) is 14.4. The third kappa shape index (κ3) is 5.34. The first kappa shape index (κ1) is 21.7. The van der Waals surface area contributed by atoms with E-state index in [0.29, 0.717) is 22.1 Å². The van der Waals surface area contributed by atoms with Gasteiger partial charge in [0.15, 0.2) is 11.5 Å². The van der Waals surface area contributed by atoms with Crippen LogP contribution in [-0.4, -0.2) is 42.3 Å². The number of nitrogens with zero attached hydrogens (tertiary/aromatic N) is 1. The Bertz CT molecular complexity index is 1010. The van der Waals surface area contributed by atoms with Gasteiger partial charge in [-0.15, -0.1) is 0 Å². The number of esters is 1. The van der Waals surface area contributed by atoms with E-state index in [-0.39, 0.29) is 29.0 Å². The highest BCUT2D eigenvalue weighted by atomic mass is 35.5. The first-order valence-electron chi connectivity index (χ1n) is 8.87. The molecule has 2 aromatic rings. The quantitative estimate of drug-likeness (QED) is 0.353. The molecule has 0 saturated carbocycles. The first-order valence-corrected chi connectivity index (χ1v) is 10.1. The molecule has 1 aliphatic rings. The minimum atomic E-state index is -0.469. The molecule has 30 heavy (non-hydrogen) atoms. The molecule has 0 atom stereocenters. The van der Waals surface area contributed by atoms with E-state index in [9.17, 15) is 14.4 Å². The van der Waals surface area contributed by atoms with Gasteiger partial charge in [-0.05, 0) is 59.8 Å². The zero-order valence-corrected chi connectivity index (χ0v) is 17.8. The van der Waals surface area contributed by atoms with Crippen molar-refractivity contribution in [2.75, 3.05) is 20.3 Å². The summed E-state index contributed by atoms with van der Waals surface area (Å²) in [5, 5.41) is 0.227. The molecule has 0 aromatic heterocycles. The highest BCUT2D eigenvalue weighted by molar-refractivity contribution is 8.18. The number of carbonyl (C=O) groups excluding carboxylic acids is 3. The molecule has 7 nitrogen and oxygen atoms in total. The summed E-state index contributed by atoms with van der Waals surface area (Å²) in [5.74, 6) is 0.349. The lowest BCUT2D eigenvalue weighted by Crippen LogP contribution is -2.32. The van der Waals surface area contributed by atoms with Crippen LogP contribution in [0.2, 0.25) is 5.02 Å². The van der Waals surface area contributed by atoms with E-state index in [0.717, 1.165) is 16.7 Å². The van der Waals surface area contributed by atoms with E-state index in [4.69, 9.17) is 25.8 Å². The van der Waals surface area contributed by atoms with Gasteiger partial charge in [0.2, 0.25) is 0 Å². The van der Waals surface area contributed by atoms with Gasteiger partial charge in [-0.1, -0.05) is 17.7 Å². The maximum atomic E-state index is 12.6. The predicted octanol–water partition coefficient (Wildman–Crippen LogP) is 4.39. The Morgan fingerprint density at radius 1 is 1.13 bits per heavy atom. The van der Waals surface area contributed by atoms with Crippen LogP contribution in [0, 0.1) is 0 Å². The fraction of sp³-hybridized carbons (Fsp3) is 0.190. The lowest BCUT2D eigenvalue weighted by atomic mass is 10.2. The number of ether oxygens (including phenoxy) is 3. The van der Waals surface area contributed by atoms with E-state index in [2.05, 4.69) is 0 Å². The zero-order valence-electron chi connectivity index (χ0n) is 16.2. The van der Waals surface area contributed by atoms with Crippen LogP contribution in [0.3, 0.4) is 0 Å².